The number of carbonyl (C=O) groups excluding carboxylic acids is 1. The SMILES string of the molecule is CCCCOC(=O)CN(C)Cc1cnn(C)c1. The van der Waals surface area contributed by atoms with Crippen molar-refractivity contribution in [1.29, 1.82) is 0 Å². The highest BCUT2D eigenvalue weighted by atomic mass is 16.5. The molecule has 1 heterocycles. The highest BCUT2D eigenvalue weighted by Gasteiger charge is 2.08. The fourth-order valence-corrected chi connectivity index (χ4v) is 1.52. The van der Waals surface area contributed by atoms with Crippen LogP contribution in [-0.2, 0) is 23.1 Å². The standard InChI is InChI=1S/C12H21N3O2/c1-4-5-6-17-12(16)10-14(2)8-11-7-13-15(3)9-11/h7,9H,4-6,8,10H2,1-3H3. The van der Waals surface area contributed by atoms with Crippen LogP contribution in [0.3, 0.4) is 0 Å². The summed E-state index contributed by atoms with van der Waals surface area (Å²) in [5, 5.41) is 4.08. The molecule has 0 atom stereocenters. The lowest BCUT2D eigenvalue weighted by Crippen LogP contribution is -2.27. The number of unbranched alkanes of at least 4 members (excludes halogenated alkanes) is 1. The molecule has 1 aromatic heterocycles. The van der Waals surface area contributed by atoms with E-state index in [1.165, 1.54) is 0 Å². The molecule has 0 unspecified atom stereocenters. The first-order valence-electron chi connectivity index (χ1n) is 5.93. The lowest BCUT2D eigenvalue weighted by atomic mass is 10.3. The molecule has 1 aromatic rings. The zero-order chi connectivity index (χ0) is 12.7. The molecule has 0 bridgehead atoms. The first-order chi connectivity index (χ1) is 8.11. The summed E-state index contributed by atoms with van der Waals surface area (Å²) < 4.78 is 6.85. The van der Waals surface area contributed by atoms with Crippen molar-refractivity contribution < 1.29 is 9.53 Å². The summed E-state index contributed by atoms with van der Waals surface area (Å²) in [6, 6.07) is 0. The predicted octanol–water partition coefficient (Wildman–Crippen LogP) is 1.20. The smallest absolute Gasteiger partial charge is 0.320 e. The topological polar surface area (TPSA) is 47.4 Å². The third-order valence-electron chi connectivity index (χ3n) is 2.37. The van der Waals surface area contributed by atoms with Crippen molar-refractivity contribution in [2.75, 3.05) is 20.2 Å². The minimum absolute atomic E-state index is 0.162. The number of hydrogen-bond acceptors (Lipinski definition) is 4. The Morgan fingerprint density at radius 2 is 2.35 bits per heavy atom. The van der Waals surface area contributed by atoms with Crippen LogP contribution in [0.4, 0.5) is 0 Å². The molecule has 0 fully saturated rings. The molecule has 0 saturated heterocycles. The molecule has 0 spiro atoms. The molecule has 0 aliphatic rings. The lowest BCUT2D eigenvalue weighted by Gasteiger charge is -2.14. The Morgan fingerprint density at radius 3 is 2.94 bits per heavy atom. The molecule has 5 nitrogen and oxygen atoms in total. The number of aryl methyl sites for hydroxylation is 1. The molecule has 5 heteroatoms. The van der Waals surface area contributed by atoms with Crippen molar-refractivity contribution in [3.63, 3.8) is 0 Å². The number of carbonyl (C=O) groups is 1. The zero-order valence-electron chi connectivity index (χ0n) is 10.8. The van der Waals surface area contributed by atoms with Gasteiger partial charge in [-0.2, -0.15) is 5.10 Å². The second kappa shape index (κ2) is 7.06. The van der Waals surface area contributed by atoms with E-state index in [2.05, 4.69) is 12.0 Å². The maximum atomic E-state index is 11.4. The number of hydrogen-bond donors (Lipinski definition) is 0. The Bertz CT molecular complexity index is 349. The highest BCUT2D eigenvalue weighted by Crippen LogP contribution is 2.01. The minimum Gasteiger partial charge on any atom is -0.465 e. The van der Waals surface area contributed by atoms with Crippen LogP contribution in [0, 0.1) is 0 Å². The molecule has 0 amide bonds. The van der Waals surface area contributed by atoms with Crippen LogP contribution in [0.25, 0.3) is 0 Å². The summed E-state index contributed by atoms with van der Waals surface area (Å²) >= 11 is 0. The van der Waals surface area contributed by atoms with E-state index in [9.17, 15) is 4.79 Å². The van der Waals surface area contributed by atoms with Gasteiger partial charge < -0.3 is 4.74 Å². The van der Waals surface area contributed by atoms with Crippen molar-refractivity contribution in [1.82, 2.24) is 14.7 Å². The van der Waals surface area contributed by atoms with E-state index >= 15 is 0 Å². The molecule has 0 aromatic carbocycles. The first-order valence-corrected chi connectivity index (χ1v) is 5.93. The zero-order valence-corrected chi connectivity index (χ0v) is 10.8. The first kappa shape index (κ1) is 13.7. The number of aromatic nitrogens is 2. The summed E-state index contributed by atoms with van der Waals surface area (Å²) in [4.78, 5) is 13.4. The van der Waals surface area contributed by atoms with Gasteiger partial charge in [0.1, 0.15) is 0 Å². The molecule has 0 N–H and O–H groups in total. The summed E-state index contributed by atoms with van der Waals surface area (Å²) in [5.41, 5.74) is 1.09. The van der Waals surface area contributed by atoms with Crippen LogP contribution >= 0.6 is 0 Å². The monoisotopic (exact) mass is 239 g/mol. The van der Waals surface area contributed by atoms with Gasteiger partial charge in [0.15, 0.2) is 0 Å². The van der Waals surface area contributed by atoms with Crippen LogP contribution in [0.1, 0.15) is 25.3 Å². The number of likely N-dealkylation sites (N-methyl/N-ethyl adjacent to an activating group) is 1. The second-order valence-electron chi connectivity index (χ2n) is 4.27. The van der Waals surface area contributed by atoms with E-state index in [1.807, 2.05) is 25.2 Å². The van der Waals surface area contributed by atoms with E-state index in [1.54, 1.807) is 10.9 Å². The predicted molar refractivity (Wildman–Crippen MR) is 65.4 cm³/mol. The Labute approximate surface area is 102 Å². The van der Waals surface area contributed by atoms with Gasteiger partial charge in [-0.25, -0.2) is 0 Å². The Morgan fingerprint density at radius 1 is 1.59 bits per heavy atom. The van der Waals surface area contributed by atoms with E-state index in [0.29, 0.717) is 19.7 Å². The van der Waals surface area contributed by atoms with Crippen molar-refractivity contribution in [2.24, 2.45) is 7.05 Å². The Kier molecular flexibility index (Phi) is 5.69. The van der Waals surface area contributed by atoms with Gasteiger partial charge in [-0.1, -0.05) is 13.3 Å². The van der Waals surface area contributed by atoms with E-state index < -0.39 is 0 Å². The molecular weight excluding hydrogens is 218 g/mol. The van der Waals surface area contributed by atoms with Crippen LogP contribution in [0.5, 0.6) is 0 Å². The number of rotatable bonds is 7. The number of nitrogens with zero attached hydrogens (tertiary/aromatic N) is 3. The van der Waals surface area contributed by atoms with Gasteiger partial charge in [0.05, 0.1) is 19.3 Å². The molecule has 0 aliphatic heterocycles. The maximum absolute atomic E-state index is 11.4. The van der Waals surface area contributed by atoms with Crippen LogP contribution in [-0.4, -0.2) is 40.8 Å². The molecule has 0 saturated carbocycles. The van der Waals surface area contributed by atoms with Crippen molar-refractivity contribution in [3.8, 4) is 0 Å². The fraction of sp³-hybridized carbons (Fsp3) is 0.667. The normalized spacial score (nSPS) is 10.8. The van der Waals surface area contributed by atoms with Gasteiger partial charge in [0.2, 0.25) is 0 Å². The van der Waals surface area contributed by atoms with Crippen LogP contribution in [0.2, 0.25) is 0 Å². The average Bonchev–Trinajstić information content (AvgIpc) is 2.64. The van der Waals surface area contributed by atoms with Crippen LogP contribution in [0.15, 0.2) is 12.4 Å². The van der Waals surface area contributed by atoms with Crippen molar-refractivity contribution in [2.45, 2.75) is 26.3 Å². The molecule has 96 valence electrons. The van der Waals surface area contributed by atoms with Crippen molar-refractivity contribution >= 4 is 5.97 Å². The molecule has 0 aliphatic carbocycles. The third-order valence-corrected chi connectivity index (χ3v) is 2.37. The summed E-state index contributed by atoms with van der Waals surface area (Å²) in [6.45, 7) is 3.62. The van der Waals surface area contributed by atoms with E-state index in [-0.39, 0.29) is 5.97 Å². The number of esters is 1. The second-order valence-corrected chi connectivity index (χ2v) is 4.27. The number of ether oxygens (including phenoxy) is 1. The minimum atomic E-state index is -0.162. The van der Waals surface area contributed by atoms with E-state index in [0.717, 1.165) is 18.4 Å². The van der Waals surface area contributed by atoms with Gasteiger partial charge in [-0.15, -0.1) is 0 Å². The quantitative estimate of drug-likeness (QED) is 0.530. The van der Waals surface area contributed by atoms with Crippen LogP contribution < -0.4 is 0 Å². The van der Waals surface area contributed by atoms with Gasteiger partial charge >= 0.3 is 5.97 Å². The molecule has 0 radical (unpaired) electrons. The Balaban J connectivity index is 2.24. The average molecular weight is 239 g/mol. The van der Waals surface area contributed by atoms with Gasteiger partial charge in [0, 0.05) is 25.4 Å². The Hall–Kier alpha value is -1.36. The molecule has 17 heavy (non-hydrogen) atoms. The lowest BCUT2D eigenvalue weighted by molar-refractivity contribution is -0.144. The largest absolute Gasteiger partial charge is 0.465 e. The van der Waals surface area contributed by atoms with Gasteiger partial charge in [-0.3, -0.25) is 14.4 Å². The third kappa shape index (κ3) is 5.49. The highest BCUT2D eigenvalue weighted by molar-refractivity contribution is 5.71. The van der Waals surface area contributed by atoms with E-state index in [4.69, 9.17) is 4.74 Å². The van der Waals surface area contributed by atoms with Gasteiger partial charge in [-0.05, 0) is 13.5 Å². The van der Waals surface area contributed by atoms with Gasteiger partial charge in [0.25, 0.3) is 0 Å². The summed E-state index contributed by atoms with van der Waals surface area (Å²) in [7, 11) is 3.77. The van der Waals surface area contributed by atoms with Crippen molar-refractivity contribution in [3.05, 3.63) is 18.0 Å². The molecule has 1 rings (SSSR count). The summed E-state index contributed by atoms with van der Waals surface area (Å²) in [5.74, 6) is -0.162. The fourth-order valence-electron chi connectivity index (χ4n) is 1.52. The maximum Gasteiger partial charge on any atom is 0.320 e. The summed E-state index contributed by atoms with van der Waals surface area (Å²) in [6.07, 6.45) is 5.72. The molecular formula is C12H21N3O2.